The predicted octanol–water partition coefficient (Wildman–Crippen LogP) is 3.12. The quantitative estimate of drug-likeness (QED) is 0.942. The van der Waals surface area contributed by atoms with E-state index in [1.807, 2.05) is 24.6 Å². The van der Waals surface area contributed by atoms with E-state index in [0.29, 0.717) is 12.1 Å². The molecule has 0 unspecified atom stereocenters. The SMILES string of the molecule is CC(C)n1ncc(C(=O)O)c1CN1CCCc2ccccc21. The minimum Gasteiger partial charge on any atom is -0.478 e. The second-order valence-electron chi connectivity index (χ2n) is 6.00. The van der Waals surface area contributed by atoms with Crippen LogP contribution in [-0.2, 0) is 13.0 Å². The highest BCUT2D eigenvalue weighted by molar-refractivity contribution is 5.88. The standard InChI is InChI=1S/C17H21N3O2/c1-12(2)20-16(14(10-18-20)17(21)22)11-19-9-5-7-13-6-3-4-8-15(13)19/h3-4,6,8,10,12H,5,7,9,11H2,1-2H3,(H,21,22). The second kappa shape index (κ2) is 5.83. The van der Waals surface area contributed by atoms with Crippen molar-refractivity contribution in [3.05, 3.63) is 47.3 Å². The number of rotatable bonds is 4. The van der Waals surface area contributed by atoms with E-state index in [9.17, 15) is 9.90 Å². The number of para-hydroxylation sites is 1. The largest absolute Gasteiger partial charge is 0.478 e. The average molecular weight is 299 g/mol. The molecule has 1 aliphatic rings. The summed E-state index contributed by atoms with van der Waals surface area (Å²) in [6.07, 6.45) is 3.64. The fraction of sp³-hybridized carbons (Fsp3) is 0.412. The predicted molar refractivity (Wildman–Crippen MR) is 85.4 cm³/mol. The molecule has 1 N–H and O–H groups in total. The van der Waals surface area contributed by atoms with Gasteiger partial charge in [0.05, 0.1) is 18.4 Å². The van der Waals surface area contributed by atoms with E-state index < -0.39 is 5.97 Å². The molecule has 116 valence electrons. The van der Waals surface area contributed by atoms with Crippen LogP contribution in [0.3, 0.4) is 0 Å². The number of aromatic nitrogens is 2. The van der Waals surface area contributed by atoms with Crippen molar-refractivity contribution < 1.29 is 9.90 Å². The molecule has 0 saturated carbocycles. The summed E-state index contributed by atoms with van der Waals surface area (Å²) in [6, 6.07) is 8.51. The first kappa shape index (κ1) is 14.6. The highest BCUT2D eigenvalue weighted by atomic mass is 16.4. The highest BCUT2D eigenvalue weighted by Crippen LogP contribution is 2.29. The summed E-state index contributed by atoms with van der Waals surface area (Å²) in [7, 11) is 0. The molecular weight excluding hydrogens is 278 g/mol. The van der Waals surface area contributed by atoms with Crippen LogP contribution in [0.15, 0.2) is 30.5 Å². The van der Waals surface area contributed by atoms with E-state index in [1.165, 1.54) is 17.4 Å². The number of carboxylic acids is 1. The molecule has 0 fully saturated rings. The van der Waals surface area contributed by atoms with Crippen LogP contribution in [0, 0.1) is 0 Å². The minimum atomic E-state index is -0.910. The molecule has 1 aliphatic heterocycles. The van der Waals surface area contributed by atoms with Gasteiger partial charge in [-0.2, -0.15) is 5.10 Å². The van der Waals surface area contributed by atoms with Gasteiger partial charge in [-0.25, -0.2) is 4.79 Å². The van der Waals surface area contributed by atoms with E-state index >= 15 is 0 Å². The minimum absolute atomic E-state index is 0.142. The number of aromatic carboxylic acids is 1. The number of carboxylic acid groups (broad SMARTS) is 1. The summed E-state index contributed by atoms with van der Waals surface area (Å²) < 4.78 is 1.82. The Kier molecular flexibility index (Phi) is 3.88. The van der Waals surface area contributed by atoms with Gasteiger partial charge in [-0.3, -0.25) is 4.68 Å². The van der Waals surface area contributed by atoms with Crippen molar-refractivity contribution in [2.45, 2.75) is 39.3 Å². The molecule has 3 rings (SSSR count). The van der Waals surface area contributed by atoms with E-state index in [2.05, 4.69) is 28.2 Å². The summed E-state index contributed by atoms with van der Waals surface area (Å²) in [4.78, 5) is 13.7. The molecule has 0 amide bonds. The van der Waals surface area contributed by atoms with Gasteiger partial charge in [0.2, 0.25) is 0 Å². The summed E-state index contributed by atoms with van der Waals surface area (Å²) in [6.45, 7) is 5.56. The van der Waals surface area contributed by atoms with Crippen LogP contribution < -0.4 is 4.90 Å². The van der Waals surface area contributed by atoms with Gasteiger partial charge >= 0.3 is 5.97 Å². The Hall–Kier alpha value is -2.30. The summed E-state index contributed by atoms with van der Waals surface area (Å²) in [5.41, 5.74) is 3.62. The highest BCUT2D eigenvalue weighted by Gasteiger charge is 2.23. The van der Waals surface area contributed by atoms with Gasteiger partial charge in [-0.1, -0.05) is 18.2 Å². The average Bonchev–Trinajstić information content (AvgIpc) is 2.92. The Bertz CT molecular complexity index is 691. The molecule has 1 aromatic carbocycles. The molecule has 0 bridgehead atoms. The molecule has 2 heterocycles. The zero-order valence-electron chi connectivity index (χ0n) is 13.0. The smallest absolute Gasteiger partial charge is 0.339 e. The summed E-state index contributed by atoms with van der Waals surface area (Å²) >= 11 is 0. The Morgan fingerprint density at radius 3 is 2.86 bits per heavy atom. The lowest BCUT2D eigenvalue weighted by atomic mass is 10.0. The first-order valence-corrected chi connectivity index (χ1v) is 7.70. The van der Waals surface area contributed by atoms with Gasteiger partial charge in [-0.05, 0) is 38.3 Å². The Morgan fingerprint density at radius 2 is 2.14 bits per heavy atom. The van der Waals surface area contributed by atoms with Crippen molar-refractivity contribution in [1.82, 2.24) is 9.78 Å². The zero-order chi connectivity index (χ0) is 15.7. The Labute approximate surface area is 130 Å². The van der Waals surface area contributed by atoms with Gasteiger partial charge in [0.1, 0.15) is 5.56 Å². The molecule has 0 spiro atoms. The zero-order valence-corrected chi connectivity index (χ0v) is 13.0. The van der Waals surface area contributed by atoms with Crippen LogP contribution in [0.4, 0.5) is 5.69 Å². The third-order valence-electron chi connectivity index (χ3n) is 4.17. The molecule has 5 nitrogen and oxygen atoms in total. The van der Waals surface area contributed by atoms with Gasteiger partial charge in [-0.15, -0.1) is 0 Å². The van der Waals surface area contributed by atoms with E-state index in [1.54, 1.807) is 0 Å². The van der Waals surface area contributed by atoms with Gasteiger partial charge < -0.3 is 10.0 Å². The molecular formula is C17H21N3O2. The van der Waals surface area contributed by atoms with E-state index in [-0.39, 0.29) is 6.04 Å². The lowest BCUT2D eigenvalue weighted by Gasteiger charge is -2.31. The van der Waals surface area contributed by atoms with Crippen molar-refractivity contribution in [3.63, 3.8) is 0 Å². The van der Waals surface area contributed by atoms with Crippen molar-refractivity contribution in [1.29, 1.82) is 0 Å². The molecule has 5 heteroatoms. The molecule has 0 saturated heterocycles. The number of hydrogen-bond acceptors (Lipinski definition) is 3. The monoisotopic (exact) mass is 299 g/mol. The molecule has 0 atom stereocenters. The Balaban J connectivity index is 1.97. The van der Waals surface area contributed by atoms with Crippen LogP contribution in [0.2, 0.25) is 0 Å². The third-order valence-corrected chi connectivity index (χ3v) is 4.17. The van der Waals surface area contributed by atoms with E-state index in [0.717, 1.165) is 25.1 Å². The fourth-order valence-electron chi connectivity index (χ4n) is 3.13. The Morgan fingerprint density at radius 1 is 1.36 bits per heavy atom. The fourth-order valence-corrected chi connectivity index (χ4v) is 3.13. The van der Waals surface area contributed by atoms with Crippen LogP contribution in [-0.4, -0.2) is 27.4 Å². The number of hydrogen-bond donors (Lipinski definition) is 1. The summed E-state index contributed by atoms with van der Waals surface area (Å²) in [5, 5.41) is 13.7. The van der Waals surface area contributed by atoms with Gasteiger partial charge in [0, 0.05) is 18.3 Å². The normalized spacial score (nSPS) is 14.2. The maximum Gasteiger partial charge on any atom is 0.339 e. The van der Waals surface area contributed by atoms with Crippen LogP contribution in [0.25, 0.3) is 0 Å². The van der Waals surface area contributed by atoms with Crippen molar-refractivity contribution in [2.24, 2.45) is 0 Å². The lowest BCUT2D eigenvalue weighted by molar-refractivity contribution is 0.0695. The number of nitrogens with zero attached hydrogens (tertiary/aromatic N) is 3. The maximum atomic E-state index is 11.5. The number of anilines is 1. The van der Waals surface area contributed by atoms with Crippen molar-refractivity contribution >= 4 is 11.7 Å². The van der Waals surface area contributed by atoms with E-state index in [4.69, 9.17) is 0 Å². The molecule has 0 radical (unpaired) electrons. The number of benzene rings is 1. The van der Waals surface area contributed by atoms with Gasteiger partial charge in [0.25, 0.3) is 0 Å². The lowest BCUT2D eigenvalue weighted by Crippen LogP contribution is -2.30. The molecule has 0 aliphatic carbocycles. The van der Waals surface area contributed by atoms with Crippen molar-refractivity contribution in [2.75, 3.05) is 11.4 Å². The van der Waals surface area contributed by atoms with Crippen LogP contribution in [0.5, 0.6) is 0 Å². The van der Waals surface area contributed by atoms with Crippen LogP contribution >= 0.6 is 0 Å². The molecule has 22 heavy (non-hydrogen) atoms. The topological polar surface area (TPSA) is 58.4 Å². The summed E-state index contributed by atoms with van der Waals surface area (Å²) in [5.74, 6) is -0.910. The molecule has 1 aromatic heterocycles. The maximum absolute atomic E-state index is 11.5. The van der Waals surface area contributed by atoms with Crippen molar-refractivity contribution in [3.8, 4) is 0 Å². The van der Waals surface area contributed by atoms with Gasteiger partial charge in [0.15, 0.2) is 0 Å². The number of fused-ring (bicyclic) bond motifs is 1. The second-order valence-corrected chi connectivity index (χ2v) is 6.00. The first-order chi connectivity index (χ1) is 10.6. The molecule has 2 aromatic rings. The number of aryl methyl sites for hydroxylation is 1. The van der Waals surface area contributed by atoms with Crippen LogP contribution in [0.1, 0.15) is 47.9 Å². The third kappa shape index (κ3) is 2.58. The first-order valence-electron chi connectivity index (χ1n) is 7.70. The number of carbonyl (C=O) groups is 1.